The molecule has 0 saturated carbocycles. The van der Waals surface area contributed by atoms with E-state index in [0.717, 1.165) is 24.2 Å². The van der Waals surface area contributed by atoms with Crippen LogP contribution >= 0.6 is 0 Å². The Labute approximate surface area is 99.6 Å². The van der Waals surface area contributed by atoms with Crippen LogP contribution in [-0.4, -0.2) is 32.4 Å². The zero-order valence-corrected chi connectivity index (χ0v) is 9.69. The number of fused-ring (bicyclic) bond motifs is 2. The minimum atomic E-state index is -0.578. The van der Waals surface area contributed by atoms with E-state index in [0.29, 0.717) is 12.5 Å². The molecule has 2 heterocycles. The van der Waals surface area contributed by atoms with Crippen molar-refractivity contribution in [2.45, 2.75) is 6.42 Å². The van der Waals surface area contributed by atoms with Crippen molar-refractivity contribution in [2.24, 2.45) is 16.3 Å². The first-order valence-electron chi connectivity index (χ1n) is 5.76. The number of ether oxygens (including phenoxy) is 1. The lowest BCUT2D eigenvalue weighted by Crippen LogP contribution is -2.43. The average Bonchev–Trinajstić information content (AvgIpc) is 2.81. The van der Waals surface area contributed by atoms with E-state index in [4.69, 9.17) is 4.74 Å². The normalized spacial score (nSPS) is 34.1. The molecule has 3 aliphatic rings. The molecule has 1 aliphatic carbocycles. The van der Waals surface area contributed by atoms with Gasteiger partial charge in [0.2, 0.25) is 0 Å². The third kappa shape index (κ3) is 1.42. The number of aliphatic imine (C=N–C) groups is 1. The molecule has 17 heavy (non-hydrogen) atoms. The van der Waals surface area contributed by atoms with Crippen molar-refractivity contribution in [3.63, 3.8) is 0 Å². The molecule has 3 rings (SSSR count). The molecule has 1 saturated heterocycles. The predicted molar refractivity (Wildman–Crippen MR) is 63.2 cm³/mol. The van der Waals surface area contributed by atoms with Crippen LogP contribution < -0.4 is 10.9 Å². The number of nitrogens with one attached hydrogen (secondary N) is 2. The summed E-state index contributed by atoms with van der Waals surface area (Å²) in [6.07, 6.45) is 6.48. The molecule has 0 bridgehead atoms. The number of hydrazine groups is 1. The topological polar surface area (TPSA) is 62.7 Å². The van der Waals surface area contributed by atoms with E-state index in [9.17, 15) is 4.79 Å². The summed E-state index contributed by atoms with van der Waals surface area (Å²) in [7, 11) is 1.44. The molecule has 2 N–H and O–H groups in total. The van der Waals surface area contributed by atoms with Crippen LogP contribution in [-0.2, 0) is 9.53 Å². The maximum absolute atomic E-state index is 12.1. The van der Waals surface area contributed by atoms with E-state index in [-0.39, 0.29) is 5.97 Å². The zero-order chi connectivity index (χ0) is 11.9. The van der Waals surface area contributed by atoms with Gasteiger partial charge in [0.25, 0.3) is 0 Å². The number of methoxy groups -OCH3 is 1. The first-order chi connectivity index (χ1) is 8.26. The van der Waals surface area contributed by atoms with Gasteiger partial charge in [-0.2, -0.15) is 0 Å². The summed E-state index contributed by atoms with van der Waals surface area (Å²) < 4.78 is 4.97. The number of hydrogen-bond acceptors (Lipinski definition) is 5. The molecular weight excluding hydrogens is 218 g/mol. The molecule has 0 radical (unpaired) electrons. The quantitative estimate of drug-likeness (QED) is 0.634. The van der Waals surface area contributed by atoms with Crippen LogP contribution in [0.15, 0.2) is 28.4 Å². The highest BCUT2D eigenvalue weighted by Crippen LogP contribution is 2.44. The number of allylic oxidation sites excluding steroid dienone is 2. The Kier molecular flexibility index (Phi) is 2.29. The lowest BCUT2D eigenvalue weighted by atomic mass is 9.68. The fraction of sp³-hybridized carbons (Fsp3) is 0.500. The Balaban J connectivity index is 2.05. The number of rotatable bonds is 1. The van der Waals surface area contributed by atoms with E-state index in [1.165, 1.54) is 7.11 Å². The Morgan fingerprint density at radius 3 is 3.35 bits per heavy atom. The second-order valence-corrected chi connectivity index (χ2v) is 4.69. The third-order valence-electron chi connectivity index (χ3n) is 3.78. The predicted octanol–water partition coefficient (Wildman–Crippen LogP) is 0.168. The Hall–Kier alpha value is -1.62. The fourth-order valence-corrected chi connectivity index (χ4v) is 2.83. The summed E-state index contributed by atoms with van der Waals surface area (Å²) in [6.45, 7) is 1.34. The van der Waals surface area contributed by atoms with Crippen molar-refractivity contribution in [3.8, 4) is 0 Å². The van der Waals surface area contributed by atoms with E-state index in [2.05, 4.69) is 21.9 Å². The van der Waals surface area contributed by atoms with Gasteiger partial charge in [0.05, 0.1) is 13.7 Å². The largest absolute Gasteiger partial charge is 0.468 e. The van der Waals surface area contributed by atoms with Crippen LogP contribution in [0.4, 0.5) is 0 Å². The van der Waals surface area contributed by atoms with Crippen molar-refractivity contribution in [3.05, 3.63) is 23.4 Å². The van der Waals surface area contributed by atoms with Gasteiger partial charge in [0, 0.05) is 24.4 Å². The number of carbonyl (C=O) groups is 1. The molecule has 0 spiro atoms. The van der Waals surface area contributed by atoms with E-state index in [1.54, 1.807) is 6.21 Å². The molecule has 1 fully saturated rings. The minimum Gasteiger partial charge on any atom is -0.468 e. The SMILES string of the molecule is COC(=O)C12CN=CC=C1C=C1NNCC1C2. The van der Waals surface area contributed by atoms with Crippen LogP contribution in [0.2, 0.25) is 0 Å². The summed E-state index contributed by atoms with van der Waals surface area (Å²) in [5.41, 5.74) is 7.83. The molecule has 2 aliphatic heterocycles. The maximum Gasteiger partial charge on any atom is 0.318 e. The molecule has 5 heteroatoms. The average molecular weight is 233 g/mol. The van der Waals surface area contributed by atoms with Crippen molar-refractivity contribution in [2.75, 3.05) is 20.2 Å². The van der Waals surface area contributed by atoms with Crippen molar-refractivity contribution >= 4 is 12.2 Å². The molecule has 2 atom stereocenters. The fourth-order valence-electron chi connectivity index (χ4n) is 2.83. The number of nitrogens with zero attached hydrogens (tertiary/aromatic N) is 1. The number of dihydropyridines is 1. The Morgan fingerprint density at radius 2 is 2.53 bits per heavy atom. The number of hydrogen-bond donors (Lipinski definition) is 2. The summed E-state index contributed by atoms with van der Waals surface area (Å²) in [6, 6.07) is 0. The summed E-state index contributed by atoms with van der Waals surface area (Å²) in [5, 5.41) is 0. The molecule has 0 amide bonds. The van der Waals surface area contributed by atoms with Crippen molar-refractivity contribution < 1.29 is 9.53 Å². The smallest absolute Gasteiger partial charge is 0.318 e. The molecule has 90 valence electrons. The lowest BCUT2D eigenvalue weighted by molar-refractivity contribution is -0.150. The van der Waals surface area contributed by atoms with Gasteiger partial charge in [0.15, 0.2) is 0 Å². The highest BCUT2D eigenvalue weighted by molar-refractivity contribution is 5.87. The molecule has 5 nitrogen and oxygen atoms in total. The highest BCUT2D eigenvalue weighted by Gasteiger charge is 2.49. The molecule has 0 aromatic rings. The van der Waals surface area contributed by atoms with Crippen LogP contribution in [0.3, 0.4) is 0 Å². The van der Waals surface area contributed by atoms with Crippen molar-refractivity contribution in [1.29, 1.82) is 0 Å². The third-order valence-corrected chi connectivity index (χ3v) is 3.78. The minimum absolute atomic E-state index is 0.178. The van der Waals surface area contributed by atoms with Crippen LogP contribution in [0.5, 0.6) is 0 Å². The van der Waals surface area contributed by atoms with Gasteiger partial charge in [-0.25, -0.2) is 5.43 Å². The van der Waals surface area contributed by atoms with Gasteiger partial charge in [-0.3, -0.25) is 9.79 Å². The molecule has 0 aromatic heterocycles. The van der Waals surface area contributed by atoms with Gasteiger partial charge in [-0.15, -0.1) is 0 Å². The van der Waals surface area contributed by atoms with Crippen molar-refractivity contribution in [1.82, 2.24) is 10.9 Å². The summed E-state index contributed by atoms with van der Waals surface area (Å²) in [4.78, 5) is 16.3. The van der Waals surface area contributed by atoms with Gasteiger partial charge in [-0.05, 0) is 24.1 Å². The first kappa shape index (κ1) is 10.5. The lowest BCUT2D eigenvalue weighted by Gasteiger charge is -2.37. The second kappa shape index (κ2) is 3.70. The van der Waals surface area contributed by atoms with Gasteiger partial charge in [0.1, 0.15) is 5.41 Å². The van der Waals surface area contributed by atoms with Gasteiger partial charge in [-0.1, -0.05) is 0 Å². The monoisotopic (exact) mass is 233 g/mol. The maximum atomic E-state index is 12.1. The van der Waals surface area contributed by atoms with Gasteiger partial charge >= 0.3 is 5.97 Å². The Morgan fingerprint density at radius 1 is 1.65 bits per heavy atom. The summed E-state index contributed by atoms with van der Waals surface area (Å²) in [5.74, 6) is 0.169. The highest BCUT2D eigenvalue weighted by atomic mass is 16.5. The standard InChI is InChI=1S/C12H15N3O2/c1-17-11(16)12-5-8-6-14-15-10(8)4-9(12)2-3-13-7-12/h2-4,8,14-15H,5-7H2,1H3. The molecule has 0 aromatic carbocycles. The van der Waals surface area contributed by atoms with E-state index in [1.807, 2.05) is 6.08 Å². The molecular formula is C12H15N3O2. The first-order valence-corrected chi connectivity index (χ1v) is 5.76. The van der Waals surface area contributed by atoms with E-state index < -0.39 is 5.41 Å². The van der Waals surface area contributed by atoms with E-state index >= 15 is 0 Å². The number of carbonyl (C=O) groups excluding carboxylic acids is 1. The van der Waals surface area contributed by atoms with Crippen LogP contribution in [0.1, 0.15) is 6.42 Å². The molecule has 2 unspecified atom stereocenters. The summed E-state index contributed by atoms with van der Waals surface area (Å²) >= 11 is 0. The Bertz CT molecular complexity index is 453. The van der Waals surface area contributed by atoms with Crippen LogP contribution in [0, 0.1) is 11.3 Å². The number of esters is 1. The van der Waals surface area contributed by atoms with Crippen LogP contribution in [0.25, 0.3) is 0 Å². The van der Waals surface area contributed by atoms with Gasteiger partial charge < -0.3 is 10.2 Å². The second-order valence-electron chi connectivity index (χ2n) is 4.69. The zero-order valence-electron chi connectivity index (χ0n) is 9.69.